The van der Waals surface area contributed by atoms with Crippen LogP contribution >= 0.6 is 24.0 Å². The average Bonchev–Trinajstić information content (AvgIpc) is 2.50. The van der Waals surface area contributed by atoms with Crippen molar-refractivity contribution in [3.63, 3.8) is 0 Å². The number of nitrogens with one attached hydrogen (secondary N) is 1. The number of amides is 1. The van der Waals surface area contributed by atoms with Gasteiger partial charge in [0.1, 0.15) is 0 Å². The zero-order valence-electron chi connectivity index (χ0n) is 15.5. The van der Waals surface area contributed by atoms with Gasteiger partial charge in [-0.1, -0.05) is 29.3 Å². The molecule has 0 saturated carbocycles. The summed E-state index contributed by atoms with van der Waals surface area (Å²) in [7, 11) is 1.82. The van der Waals surface area contributed by atoms with Crippen molar-refractivity contribution >= 4 is 35.8 Å². The summed E-state index contributed by atoms with van der Waals surface area (Å²) in [6.07, 6.45) is 3.59. The zero-order chi connectivity index (χ0) is 17.5. The number of piperidine rings is 1. The fraction of sp³-hybridized carbons (Fsp3) is 0.579. The number of aliphatic imine (C=N–C) groups is 1. The van der Waals surface area contributed by atoms with Crippen LogP contribution in [0.5, 0.6) is 0 Å². The molecule has 0 radical (unpaired) electrons. The van der Waals surface area contributed by atoms with Gasteiger partial charge in [0.05, 0.1) is 0 Å². The van der Waals surface area contributed by atoms with Crippen LogP contribution in [0.3, 0.4) is 0 Å². The van der Waals surface area contributed by atoms with E-state index >= 15 is 0 Å². The number of carbonyl (C=O) groups excluding carboxylic acids is 1. The lowest BCUT2D eigenvalue weighted by molar-refractivity contribution is -0.119. The van der Waals surface area contributed by atoms with Crippen LogP contribution in [0, 0.1) is 19.8 Å². The normalized spacial score (nSPS) is 17.8. The molecule has 1 aromatic carbocycles. The molecule has 0 aromatic heterocycles. The Kier molecular flexibility index (Phi) is 9.24. The van der Waals surface area contributed by atoms with Gasteiger partial charge in [0.2, 0.25) is 5.91 Å². The van der Waals surface area contributed by atoms with E-state index in [0.29, 0.717) is 12.3 Å². The number of aryl methyl sites for hydroxylation is 2. The summed E-state index contributed by atoms with van der Waals surface area (Å²) in [6, 6.07) is 6.67. The van der Waals surface area contributed by atoms with Crippen molar-refractivity contribution in [1.29, 1.82) is 0 Å². The first kappa shape index (κ1) is 21.7. The fourth-order valence-corrected chi connectivity index (χ4v) is 3.57. The standard InChI is InChI=1S/C19H30N4O.HI/c1-14-9-15(2)11-16(10-14)6-7-22-19(21-3)23-8-4-5-17(13-23)12-18(20)24;/h9-11,17H,4-8,12-13H2,1-3H3,(H2,20,24)(H,21,22);1H. The Bertz CT molecular complexity index is 583. The number of likely N-dealkylation sites (tertiary alicyclic amines) is 1. The molecular weight excluding hydrogens is 427 g/mol. The highest BCUT2D eigenvalue weighted by Gasteiger charge is 2.23. The van der Waals surface area contributed by atoms with Crippen LogP contribution in [0.4, 0.5) is 0 Å². The summed E-state index contributed by atoms with van der Waals surface area (Å²) in [5.41, 5.74) is 9.30. The summed E-state index contributed by atoms with van der Waals surface area (Å²) in [4.78, 5) is 17.8. The van der Waals surface area contributed by atoms with E-state index in [1.54, 1.807) is 0 Å². The Labute approximate surface area is 168 Å². The Morgan fingerprint density at radius 1 is 1.32 bits per heavy atom. The van der Waals surface area contributed by atoms with E-state index in [4.69, 9.17) is 5.73 Å². The lowest BCUT2D eigenvalue weighted by Gasteiger charge is -2.34. The molecule has 1 unspecified atom stereocenters. The number of guanidine groups is 1. The van der Waals surface area contributed by atoms with Crippen molar-refractivity contribution < 1.29 is 4.79 Å². The molecule has 0 aliphatic carbocycles. The molecule has 1 atom stereocenters. The van der Waals surface area contributed by atoms with Crippen LogP contribution in [-0.4, -0.2) is 43.4 Å². The third-order valence-electron chi connectivity index (χ3n) is 4.50. The third-order valence-corrected chi connectivity index (χ3v) is 4.50. The lowest BCUT2D eigenvalue weighted by atomic mass is 9.95. The van der Waals surface area contributed by atoms with E-state index in [1.807, 2.05) is 7.05 Å². The van der Waals surface area contributed by atoms with Gasteiger partial charge in [-0.2, -0.15) is 0 Å². The molecule has 1 aliphatic heterocycles. The van der Waals surface area contributed by atoms with Crippen molar-refractivity contribution in [2.75, 3.05) is 26.7 Å². The summed E-state index contributed by atoms with van der Waals surface area (Å²) >= 11 is 0. The highest BCUT2D eigenvalue weighted by molar-refractivity contribution is 14.0. The quantitative estimate of drug-likeness (QED) is 0.405. The van der Waals surface area contributed by atoms with Gasteiger partial charge in [0.25, 0.3) is 0 Å². The number of hydrogen-bond acceptors (Lipinski definition) is 2. The molecule has 1 fully saturated rings. The number of benzene rings is 1. The maximum absolute atomic E-state index is 11.2. The minimum atomic E-state index is -0.209. The molecule has 5 nitrogen and oxygen atoms in total. The SMILES string of the molecule is CN=C(NCCc1cc(C)cc(C)c1)N1CCCC(CC(N)=O)C1.I. The average molecular weight is 458 g/mol. The van der Waals surface area contributed by atoms with E-state index < -0.39 is 0 Å². The molecule has 3 N–H and O–H groups in total. The van der Waals surface area contributed by atoms with Gasteiger partial charge in [-0.25, -0.2) is 0 Å². The molecule has 1 aromatic rings. The molecule has 2 rings (SSSR count). The summed E-state index contributed by atoms with van der Waals surface area (Å²) in [5, 5.41) is 3.46. The van der Waals surface area contributed by atoms with Gasteiger partial charge in [0, 0.05) is 33.1 Å². The topological polar surface area (TPSA) is 70.7 Å². The second-order valence-corrected chi connectivity index (χ2v) is 6.84. The van der Waals surface area contributed by atoms with Crippen LogP contribution in [-0.2, 0) is 11.2 Å². The lowest BCUT2D eigenvalue weighted by Crippen LogP contribution is -2.47. The number of carbonyl (C=O) groups is 1. The molecule has 1 saturated heterocycles. The van der Waals surface area contributed by atoms with Crippen LogP contribution in [0.1, 0.15) is 36.0 Å². The van der Waals surface area contributed by atoms with Crippen LogP contribution in [0.2, 0.25) is 0 Å². The number of hydrogen-bond donors (Lipinski definition) is 2. The minimum Gasteiger partial charge on any atom is -0.370 e. The molecular formula is C19H31IN4O. The van der Waals surface area contributed by atoms with Gasteiger partial charge in [-0.05, 0) is 44.6 Å². The van der Waals surface area contributed by atoms with E-state index in [9.17, 15) is 4.79 Å². The van der Waals surface area contributed by atoms with Crippen LogP contribution in [0.15, 0.2) is 23.2 Å². The molecule has 0 bridgehead atoms. The Morgan fingerprint density at radius 2 is 2.00 bits per heavy atom. The minimum absolute atomic E-state index is 0. The maximum Gasteiger partial charge on any atom is 0.217 e. The smallest absolute Gasteiger partial charge is 0.217 e. The molecule has 1 amide bonds. The molecule has 25 heavy (non-hydrogen) atoms. The van der Waals surface area contributed by atoms with Gasteiger partial charge in [0.15, 0.2) is 5.96 Å². The number of primary amides is 1. The highest BCUT2D eigenvalue weighted by Crippen LogP contribution is 2.19. The van der Waals surface area contributed by atoms with E-state index in [0.717, 1.165) is 44.9 Å². The Balaban J connectivity index is 0.00000312. The molecule has 140 valence electrons. The highest BCUT2D eigenvalue weighted by atomic mass is 127. The molecule has 1 heterocycles. The Morgan fingerprint density at radius 3 is 2.60 bits per heavy atom. The molecule has 1 aliphatic rings. The van der Waals surface area contributed by atoms with Gasteiger partial charge >= 0.3 is 0 Å². The van der Waals surface area contributed by atoms with Crippen molar-refractivity contribution in [3.05, 3.63) is 34.9 Å². The predicted molar refractivity (Wildman–Crippen MR) is 115 cm³/mol. The van der Waals surface area contributed by atoms with Gasteiger partial charge < -0.3 is 16.0 Å². The first-order valence-electron chi connectivity index (χ1n) is 8.79. The number of halogens is 1. The maximum atomic E-state index is 11.2. The number of nitrogens with two attached hydrogens (primary N) is 1. The van der Waals surface area contributed by atoms with Crippen molar-refractivity contribution in [1.82, 2.24) is 10.2 Å². The van der Waals surface area contributed by atoms with Crippen LogP contribution < -0.4 is 11.1 Å². The first-order chi connectivity index (χ1) is 11.5. The van der Waals surface area contributed by atoms with E-state index in [1.165, 1.54) is 16.7 Å². The fourth-order valence-electron chi connectivity index (χ4n) is 3.57. The second-order valence-electron chi connectivity index (χ2n) is 6.84. The monoisotopic (exact) mass is 458 g/mol. The van der Waals surface area contributed by atoms with Crippen molar-refractivity contribution in [2.45, 2.75) is 39.5 Å². The van der Waals surface area contributed by atoms with Crippen LogP contribution in [0.25, 0.3) is 0 Å². The second kappa shape index (κ2) is 10.6. The first-order valence-corrected chi connectivity index (χ1v) is 8.79. The van der Waals surface area contributed by atoms with Crippen molar-refractivity contribution in [2.24, 2.45) is 16.6 Å². The number of nitrogens with zero attached hydrogens (tertiary/aromatic N) is 2. The zero-order valence-corrected chi connectivity index (χ0v) is 17.9. The Hall–Kier alpha value is -1.31. The largest absolute Gasteiger partial charge is 0.370 e. The summed E-state index contributed by atoms with van der Waals surface area (Å²) < 4.78 is 0. The number of rotatable bonds is 5. The van der Waals surface area contributed by atoms with E-state index in [-0.39, 0.29) is 29.9 Å². The van der Waals surface area contributed by atoms with Gasteiger partial charge in [-0.3, -0.25) is 9.79 Å². The molecule has 6 heteroatoms. The van der Waals surface area contributed by atoms with E-state index in [2.05, 4.69) is 47.3 Å². The predicted octanol–water partition coefficient (Wildman–Crippen LogP) is 2.63. The summed E-state index contributed by atoms with van der Waals surface area (Å²) in [5.74, 6) is 1.06. The third kappa shape index (κ3) is 7.22. The molecule has 0 spiro atoms. The van der Waals surface area contributed by atoms with Gasteiger partial charge in [-0.15, -0.1) is 24.0 Å². The van der Waals surface area contributed by atoms with Crippen molar-refractivity contribution in [3.8, 4) is 0 Å². The summed E-state index contributed by atoms with van der Waals surface area (Å²) in [6.45, 7) is 6.96.